The molecule has 1 unspecified atom stereocenters. The third kappa shape index (κ3) is 5.85. The van der Waals surface area contributed by atoms with Crippen LogP contribution in [0.2, 0.25) is 0 Å². The minimum Gasteiger partial charge on any atom is -0.475 e. The molecule has 1 aromatic rings. The fourth-order valence-electron chi connectivity index (χ4n) is 4.07. The van der Waals surface area contributed by atoms with Crippen molar-refractivity contribution in [2.24, 2.45) is 5.92 Å². The van der Waals surface area contributed by atoms with Crippen LogP contribution in [0.25, 0.3) is 0 Å². The van der Waals surface area contributed by atoms with Gasteiger partial charge >= 0.3 is 12.1 Å². The number of aliphatic carboxylic acids is 1. The van der Waals surface area contributed by atoms with Crippen LogP contribution in [0, 0.1) is 5.92 Å². The molecule has 1 aromatic carbocycles. The molecule has 0 aromatic heterocycles. The largest absolute Gasteiger partial charge is 0.490 e. The summed E-state index contributed by atoms with van der Waals surface area (Å²) < 4.78 is 59.9. The second-order valence-corrected chi connectivity index (χ2v) is 10.7. The molecule has 1 amide bonds. The number of nitrogens with zero attached hydrogens (tertiary/aromatic N) is 3. The number of likely N-dealkylation sites (N-methyl/N-ethyl adjacent to an activating group) is 1. The predicted molar refractivity (Wildman–Crippen MR) is 115 cm³/mol. The Morgan fingerprint density at radius 3 is 2.30 bits per heavy atom. The highest BCUT2D eigenvalue weighted by Gasteiger charge is 2.57. The Labute approximate surface area is 192 Å². The van der Waals surface area contributed by atoms with Crippen LogP contribution < -0.4 is 0 Å². The molecule has 1 fully saturated rings. The molecule has 186 valence electrons. The Kier molecular flexibility index (Phi) is 8.19. The van der Waals surface area contributed by atoms with Gasteiger partial charge in [-0.25, -0.2) is 13.2 Å². The van der Waals surface area contributed by atoms with Gasteiger partial charge in [-0.1, -0.05) is 32.0 Å². The highest BCUT2D eigenvalue weighted by atomic mass is 32.2. The molecule has 0 radical (unpaired) electrons. The van der Waals surface area contributed by atoms with Gasteiger partial charge in [0.25, 0.3) is 0 Å². The van der Waals surface area contributed by atoms with Crippen molar-refractivity contribution in [3.05, 3.63) is 29.8 Å². The Hall–Kier alpha value is -2.18. The molecule has 8 nitrogen and oxygen atoms in total. The van der Waals surface area contributed by atoms with Crippen LogP contribution in [0.15, 0.2) is 29.2 Å². The molecule has 12 heteroatoms. The first kappa shape index (κ1) is 27.1. The number of halogens is 3. The van der Waals surface area contributed by atoms with Gasteiger partial charge in [0.05, 0.1) is 17.0 Å². The molecule has 2 aliphatic heterocycles. The summed E-state index contributed by atoms with van der Waals surface area (Å²) in [5, 5.41) is 7.12. The van der Waals surface area contributed by atoms with Crippen molar-refractivity contribution >= 4 is 21.9 Å². The number of alkyl halides is 3. The molecule has 0 bridgehead atoms. The lowest BCUT2D eigenvalue weighted by molar-refractivity contribution is -0.192. The van der Waals surface area contributed by atoms with Gasteiger partial charge in [0.15, 0.2) is 0 Å². The number of carbonyl (C=O) groups excluding carboxylic acids is 1. The first-order chi connectivity index (χ1) is 15.1. The van der Waals surface area contributed by atoms with Gasteiger partial charge < -0.3 is 14.9 Å². The van der Waals surface area contributed by atoms with Crippen LogP contribution in [-0.2, 0) is 25.2 Å². The molecule has 33 heavy (non-hydrogen) atoms. The second kappa shape index (κ2) is 9.98. The van der Waals surface area contributed by atoms with Gasteiger partial charge in [-0.05, 0) is 44.5 Å². The molecular formula is C21H30F3N3O5S. The first-order valence-corrected chi connectivity index (χ1v) is 11.9. The monoisotopic (exact) mass is 493 g/mol. The van der Waals surface area contributed by atoms with Gasteiger partial charge in [0.2, 0.25) is 15.9 Å². The standard InChI is InChI=1S/C19H29N3O3S.C2HF3O2/c1-15(2)9-11-22-19(10-12-21(14-19)18(23)13-20(3)4)16-7-5-6-8-17(16)26(22,24)25;3-2(4,5)1(6)7/h5-8,15H,9-14H2,1-4H3;(H,6,7). The van der Waals surface area contributed by atoms with E-state index < -0.39 is 27.7 Å². The third-order valence-corrected chi connectivity index (χ3v) is 7.66. The summed E-state index contributed by atoms with van der Waals surface area (Å²) in [6, 6.07) is 7.29. The maximum Gasteiger partial charge on any atom is 0.490 e. The number of carboxylic acids is 1. The van der Waals surface area contributed by atoms with Gasteiger partial charge in [0, 0.05) is 19.6 Å². The second-order valence-electron chi connectivity index (χ2n) is 8.89. The molecule has 3 rings (SSSR count). The lowest BCUT2D eigenvalue weighted by Crippen LogP contribution is -2.47. The number of hydrogen-bond donors (Lipinski definition) is 1. The molecule has 1 atom stereocenters. The predicted octanol–water partition coefficient (Wildman–Crippen LogP) is 2.36. The molecule has 0 aliphatic carbocycles. The number of carbonyl (C=O) groups is 2. The van der Waals surface area contributed by atoms with Crippen LogP contribution in [0.4, 0.5) is 13.2 Å². The number of rotatable bonds is 5. The summed E-state index contributed by atoms with van der Waals surface area (Å²) in [5.74, 6) is -2.29. The SMILES string of the molecule is CC(C)CCN1C2(CCN(C(=O)CN(C)C)C2)c2ccccc2S1(=O)=O.O=C(O)C(F)(F)F. The van der Waals surface area contributed by atoms with E-state index in [1.54, 1.807) is 16.4 Å². The Balaban J connectivity index is 0.000000479. The Morgan fingerprint density at radius 1 is 1.21 bits per heavy atom. The quantitative estimate of drug-likeness (QED) is 0.676. The lowest BCUT2D eigenvalue weighted by Gasteiger charge is -2.34. The average molecular weight is 494 g/mol. The van der Waals surface area contributed by atoms with E-state index in [1.807, 2.05) is 36.0 Å². The van der Waals surface area contributed by atoms with Crippen LogP contribution >= 0.6 is 0 Å². The highest BCUT2D eigenvalue weighted by molar-refractivity contribution is 7.89. The zero-order chi connectivity index (χ0) is 25.2. The fraction of sp³-hybridized carbons (Fsp3) is 0.619. The van der Waals surface area contributed by atoms with Gasteiger partial charge in [-0.15, -0.1) is 0 Å². The molecular weight excluding hydrogens is 463 g/mol. The van der Waals surface area contributed by atoms with Crippen molar-refractivity contribution in [1.29, 1.82) is 0 Å². The summed E-state index contributed by atoms with van der Waals surface area (Å²) in [6.07, 6.45) is -3.62. The van der Waals surface area contributed by atoms with E-state index in [4.69, 9.17) is 9.90 Å². The molecule has 2 aliphatic rings. The summed E-state index contributed by atoms with van der Waals surface area (Å²) in [4.78, 5) is 25.5. The minimum atomic E-state index is -5.08. The highest BCUT2D eigenvalue weighted by Crippen LogP contribution is 2.49. The van der Waals surface area contributed by atoms with Crippen molar-refractivity contribution in [1.82, 2.24) is 14.1 Å². The van der Waals surface area contributed by atoms with Crippen molar-refractivity contribution in [2.45, 2.75) is 43.3 Å². The molecule has 1 N–H and O–H groups in total. The Bertz CT molecular complexity index is 982. The molecule has 1 spiro atoms. The van der Waals surface area contributed by atoms with Gasteiger partial charge in [0.1, 0.15) is 0 Å². The summed E-state index contributed by atoms with van der Waals surface area (Å²) in [6.45, 7) is 6.07. The zero-order valence-electron chi connectivity index (χ0n) is 19.1. The number of sulfonamides is 1. The van der Waals surface area contributed by atoms with Crippen molar-refractivity contribution in [3.8, 4) is 0 Å². The number of likely N-dealkylation sites (tertiary alicyclic amines) is 1. The van der Waals surface area contributed by atoms with E-state index in [0.717, 1.165) is 12.0 Å². The minimum absolute atomic E-state index is 0.0532. The number of carboxylic acid groups (broad SMARTS) is 1. The topological polar surface area (TPSA) is 98.2 Å². The molecule has 1 saturated heterocycles. The molecule has 2 heterocycles. The van der Waals surface area contributed by atoms with Crippen LogP contribution in [-0.4, -0.2) is 86.0 Å². The third-order valence-electron chi connectivity index (χ3n) is 5.64. The van der Waals surface area contributed by atoms with E-state index in [2.05, 4.69) is 13.8 Å². The van der Waals surface area contributed by atoms with E-state index >= 15 is 0 Å². The van der Waals surface area contributed by atoms with Crippen LogP contribution in [0.1, 0.15) is 32.3 Å². The van der Waals surface area contributed by atoms with E-state index in [0.29, 0.717) is 43.4 Å². The smallest absolute Gasteiger partial charge is 0.475 e. The zero-order valence-corrected chi connectivity index (χ0v) is 19.9. The van der Waals surface area contributed by atoms with Gasteiger partial charge in [-0.3, -0.25) is 4.79 Å². The summed E-state index contributed by atoms with van der Waals surface area (Å²) >= 11 is 0. The fourth-order valence-corrected chi connectivity index (χ4v) is 6.15. The van der Waals surface area contributed by atoms with Crippen LogP contribution in [0.3, 0.4) is 0 Å². The maximum absolute atomic E-state index is 13.2. The summed E-state index contributed by atoms with van der Waals surface area (Å²) in [5.41, 5.74) is 0.232. The van der Waals surface area contributed by atoms with Crippen molar-refractivity contribution in [2.75, 3.05) is 40.3 Å². The maximum atomic E-state index is 13.2. The number of amides is 1. The van der Waals surface area contributed by atoms with Crippen molar-refractivity contribution in [3.63, 3.8) is 0 Å². The van der Waals surface area contributed by atoms with E-state index in [-0.39, 0.29) is 5.91 Å². The molecule has 0 saturated carbocycles. The first-order valence-electron chi connectivity index (χ1n) is 10.5. The number of fused-ring (bicyclic) bond motifs is 2. The lowest BCUT2D eigenvalue weighted by atomic mass is 9.88. The van der Waals surface area contributed by atoms with Gasteiger partial charge in [-0.2, -0.15) is 17.5 Å². The van der Waals surface area contributed by atoms with Crippen LogP contribution in [0.5, 0.6) is 0 Å². The van der Waals surface area contributed by atoms with E-state index in [1.165, 1.54) is 0 Å². The van der Waals surface area contributed by atoms with Crippen molar-refractivity contribution < 1.29 is 36.3 Å². The number of hydrogen-bond acceptors (Lipinski definition) is 5. The normalized spacial score (nSPS) is 21.9. The van der Waals surface area contributed by atoms with E-state index in [9.17, 15) is 26.4 Å². The summed E-state index contributed by atoms with van der Waals surface area (Å²) in [7, 11) is 0.217. The Morgan fingerprint density at radius 2 is 1.79 bits per heavy atom. The average Bonchev–Trinajstić information content (AvgIpc) is 3.19. The number of benzene rings is 1.